The van der Waals surface area contributed by atoms with Crippen LogP contribution in [0.3, 0.4) is 0 Å². The molecule has 1 atom stereocenters. The average molecular weight is 233 g/mol. The molecule has 3 heteroatoms. The lowest BCUT2D eigenvalue weighted by molar-refractivity contribution is 0.343. The van der Waals surface area contributed by atoms with Crippen LogP contribution in [0.4, 0.5) is 0 Å². The van der Waals surface area contributed by atoms with Crippen LogP contribution in [0.1, 0.15) is 18.9 Å². The number of ether oxygens (including phenoxy) is 1. The van der Waals surface area contributed by atoms with Crippen molar-refractivity contribution >= 4 is 0 Å². The molecular formula is C14H19NO2. The summed E-state index contributed by atoms with van der Waals surface area (Å²) in [7, 11) is 1.69. The maximum absolute atomic E-state index is 9.76. The molecule has 0 aromatic heterocycles. The summed E-state index contributed by atoms with van der Waals surface area (Å²) in [4.78, 5) is 0. The lowest BCUT2D eigenvalue weighted by atomic mass is 9.95. The average Bonchev–Trinajstić information content (AvgIpc) is 2.35. The number of rotatable bonds is 3. The van der Waals surface area contributed by atoms with Crippen molar-refractivity contribution in [1.82, 2.24) is 5.32 Å². The molecule has 92 valence electrons. The Hall–Kier alpha value is -1.48. The van der Waals surface area contributed by atoms with E-state index in [0.29, 0.717) is 5.76 Å². The van der Waals surface area contributed by atoms with Crippen LogP contribution in [-0.2, 0) is 6.42 Å². The van der Waals surface area contributed by atoms with Crippen molar-refractivity contribution in [2.45, 2.75) is 25.8 Å². The topological polar surface area (TPSA) is 41.5 Å². The molecule has 0 aliphatic carbocycles. The number of nitrogens with one attached hydrogen (secondary N) is 1. The Morgan fingerprint density at radius 2 is 2.18 bits per heavy atom. The Morgan fingerprint density at radius 1 is 1.41 bits per heavy atom. The summed E-state index contributed by atoms with van der Waals surface area (Å²) in [5, 5.41) is 13.2. The lowest BCUT2D eigenvalue weighted by Crippen LogP contribution is -2.37. The zero-order valence-electron chi connectivity index (χ0n) is 10.4. The molecule has 2 N–H and O–H groups in total. The third-order valence-electron chi connectivity index (χ3n) is 3.35. The van der Waals surface area contributed by atoms with E-state index in [9.17, 15) is 5.11 Å². The predicted octanol–water partition coefficient (Wildman–Crippen LogP) is 2.43. The quantitative estimate of drug-likeness (QED) is 0.842. The predicted molar refractivity (Wildman–Crippen MR) is 68.4 cm³/mol. The molecule has 1 aromatic rings. The Balaban J connectivity index is 2.18. The van der Waals surface area contributed by atoms with Gasteiger partial charge in [0, 0.05) is 19.0 Å². The first-order valence-electron chi connectivity index (χ1n) is 5.96. The highest BCUT2D eigenvalue weighted by molar-refractivity contribution is 5.35. The highest BCUT2D eigenvalue weighted by atomic mass is 16.5. The summed E-state index contributed by atoms with van der Waals surface area (Å²) in [5.74, 6) is 1.44. The number of hydrogen-bond donors (Lipinski definition) is 2. The molecule has 2 rings (SSSR count). The van der Waals surface area contributed by atoms with Gasteiger partial charge in [0.1, 0.15) is 5.75 Å². The van der Waals surface area contributed by atoms with Crippen LogP contribution >= 0.6 is 0 Å². The molecule has 1 heterocycles. The van der Waals surface area contributed by atoms with E-state index >= 15 is 0 Å². The van der Waals surface area contributed by atoms with E-state index in [1.54, 1.807) is 7.11 Å². The van der Waals surface area contributed by atoms with Crippen molar-refractivity contribution in [3.05, 3.63) is 41.2 Å². The molecule has 0 bridgehead atoms. The molecule has 17 heavy (non-hydrogen) atoms. The first kappa shape index (κ1) is 12.0. The number of methoxy groups -OCH3 is 1. The van der Waals surface area contributed by atoms with Crippen molar-refractivity contribution in [3.8, 4) is 5.75 Å². The van der Waals surface area contributed by atoms with Crippen molar-refractivity contribution in [1.29, 1.82) is 0 Å². The van der Waals surface area contributed by atoms with Gasteiger partial charge in [0.25, 0.3) is 0 Å². The molecule has 0 spiro atoms. The fourth-order valence-corrected chi connectivity index (χ4v) is 2.23. The van der Waals surface area contributed by atoms with Crippen molar-refractivity contribution in [2.75, 3.05) is 13.7 Å². The van der Waals surface area contributed by atoms with E-state index in [0.717, 1.165) is 30.7 Å². The summed E-state index contributed by atoms with van der Waals surface area (Å²) < 4.78 is 5.34. The van der Waals surface area contributed by atoms with Gasteiger partial charge in [-0.3, -0.25) is 0 Å². The van der Waals surface area contributed by atoms with E-state index < -0.39 is 0 Å². The second-order valence-corrected chi connectivity index (χ2v) is 4.40. The van der Waals surface area contributed by atoms with Gasteiger partial charge in [-0.25, -0.2) is 0 Å². The monoisotopic (exact) mass is 233 g/mol. The van der Waals surface area contributed by atoms with Crippen LogP contribution in [0.5, 0.6) is 5.75 Å². The standard InChI is InChI=1S/C14H19NO2/c1-10-12(15-8-7-13(10)16)9-11-5-3-4-6-14(11)17-2/h3-6,12,15-16H,7-9H2,1-2H3. The molecule has 1 unspecified atom stereocenters. The highest BCUT2D eigenvalue weighted by Crippen LogP contribution is 2.23. The minimum atomic E-state index is 0.208. The van der Waals surface area contributed by atoms with E-state index in [1.165, 1.54) is 5.56 Å². The van der Waals surface area contributed by atoms with E-state index in [1.807, 2.05) is 25.1 Å². The van der Waals surface area contributed by atoms with Crippen molar-refractivity contribution in [2.24, 2.45) is 0 Å². The van der Waals surface area contributed by atoms with Crippen LogP contribution in [0.25, 0.3) is 0 Å². The molecule has 0 saturated carbocycles. The van der Waals surface area contributed by atoms with Gasteiger partial charge in [-0.1, -0.05) is 18.2 Å². The van der Waals surface area contributed by atoms with E-state index in [4.69, 9.17) is 4.74 Å². The van der Waals surface area contributed by atoms with Gasteiger partial charge in [-0.2, -0.15) is 0 Å². The minimum absolute atomic E-state index is 0.208. The van der Waals surface area contributed by atoms with Gasteiger partial charge >= 0.3 is 0 Å². The fraction of sp³-hybridized carbons (Fsp3) is 0.429. The Bertz CT molecular complexity index is 426. The number of aliphatic hydroxyl groups is 1. The largest absolute Gasteiger partial charge is 0.512 e. The molecule has 0 radical (unpaired) electrons. The molecule has 0 fully saturated rings. The Morgan fingerprint density at radius 3 is 2.94 bits per heavy atom. The second-order valence-electron chi connectivity index (χ2n) is 4.40. The van der Waals surface area contributed by atoms with Crippen molar-refractivity contribution < 1.29 is 9.84 Å². The maximum Gasteiger partial charge on any atom is 0.122 e. The van der Waals surface area contributed by atoms with E-state index in [-0.39, 0.29) is 6.04 Å². The molecule has 0 amide bonds. The summed E-state index contributed by atoms with van der Waals surface area (Å²) >= 11 is 0. The van der Waals surface area contributed by atoms with Gasteiger partial charge in [0.2, 0.25) is 0 Å². The number of aliphatic hydroxyl groups excluding tert-OH is 1. The van der Waals surface area contributed by atoms with Gasteiger partial charge in [0.05, 0.1) is 12.9 Å². The van der Waals surface area contributed by atoms with Crippen molar-refractivity contribution in [3.63, 3.8) is 0 Å². The number of benzene rings is 1. The molecule has 1 aliphatic heterocycles. The minimum Gasteiger partial charge on any atom is -0.512 e. The Labute approximate surface area is 102 Å². The van der Waals surface area contributed by atoms with Gasteiger partial charge in [-0.05, 0) is 30.5 Å². The second kappa shape index (κ2) is 5.23. The SMILES string of the molecule is COc1ccccc1CC1NCCC(O)=C1C. The normalized spacial score (nSPS) is 20.5. The molecule has 1 aliphatic rings. The van der Waals surface area contributed by atoms with Crippen LogP contribution in [0, 0.1) is 0 Å². The molecule has 0 saturated heterocycles. The fourth-order valence-electron chi connectivity index (χ4n) is 2.23. The third-order valence-corrected chi connectivity index (χ3v) is 3.35. The van der Waals surface area contributed by atoms with E-state index in [2.05, 4.69) is 11.4 Å². The highest BCUT2D eigenvalue weighted by Gasteiger charge is 2.20. The zero-order chi connectivity index (χ0) is 12.3. The third kappa shape index (κ3) is 2.61. The van der Waals surface area contributed by atoms with Crippen LogP contribution < -0.4 is 10.1 Å². The van der Waals surface area contributed by atoms with Crippen LogP contribution in [0.15, 0.2) is 35.6 Å². The van der Waals surface area contributed by atoms with Crippen LogP contribution in [0.2, 0.25) is 0 Å². The van der Waals surface area contributed by atoms with Crippen LogP contribution in [-0.4, -0.2) is 24.8 Å². The number of para-hydroxylation sites is 1. The lowest BCUT2D eigenvalue weighted by Gasteiger charge is -2.26. The van der Waals surface area contributed by atoms with Gasteiger partial charge < -0.3 is 15.2 Å². The Kier molecular flexibility index (Phi) is 3.69. The maximum atomic E-state index is 9.76. The zero-order valence-corrected chi connectivity index (χ0v) is 10.4. The first-order chi connectivity index (χ1) is 8.22. The smallest absolute Gasteiger partial charge is 0.122 e. The first-order valence-corrected chi connectivity index (χ1v) is 5.96. The number of hydrogen-bond acceptors (Lipinski definition) is 3. The molecule has 1 aromatic carbocycles. The van der Waals surface area contributed by atoms with Gasteiger partial charge in [0.15, 0.2) is 0 Å². The summed E-state index contributed by atoms with van der Waals surface area (Å²) in [6.45, 7) is 2.82. The molecular weight excluding hydrogens is 214 g/mol. The summed E-state index contributed by atoms with van der Waals surface area (Å²) in [5.41, 5.74) is 2.21. The summed E-state index contributed by atoms with van der Waals surface area (Å²) in [6.07, 6.45) is 1.58. The summed E-state index contributed by atoms with van der Waals surface area (Å²) in [6, 6.07) is 8.23. The van der Waals surface area contributed by atoms with Gasteiger partial charge in [-0.15, -0.1) is 0 Å². The molecule has 3 nitrogen and oxygen atoms in total.